The number of aryl methyl sites for hydroxylation is 1. The van der Waals surface area contributed by atoms with Crippen molar-refractivity contribution < 1.29 is 13.9 Å². The molecule has 2 heterocycles. The Hall–Kier alpha value is -3.55. The molecule has 0 aliphatic heterocycles. The smallest absolute Gasteiger partial charge is 0.322 e. The fourth-order valence-corrected chi connectivity index (χ4v) is 2.70. The molecule has 1 amide bonds. The van der Waals surface area contributed by atoms with Crippen LogP contribution in [-0.2, 0) is 7.05 Å². The molecule has 2 aromatic carbocycles. The van der Waals surface area contributed by atoms with Gasteiger partial charge in [-0.15, -0.1) is 0 Å². The SMILES string of the molecule is Cn1nc(C(N)=O)c2ccc3cnc(Oc4ccccc4F)nc3c21. The largest absolute Gasteiger partial charge is 0.421 e. The molecule has 25 heavy (non-hydrogen) atoms. The van der Waals surface area contributed by atoms with E-state index in [4.69, 9.17) is 10.5 Å². The van der Waals surface area contributed by atoms with Crippen LogP contribution < -0.4 is 10.5 Å². The molecule has 0 bridgehead atoms. The van der Waals surface area contributed by atoms with Crippen molar-refractivity contribution in [2.75, 3.05) is 0 Å². The lowest BCUT2D eigenvalue weighted by molar-refractivity contribution is 0.0996. The number of hydrogen-bond donors (Lipinski definition) is 1. The van der Waals surface area contributed by atoms with Gasteiger partial charge >= 0.3 is 6.01 Å². The number of benzene rings is 2. The van der Waals surface area contributed by atoms with Crippen LogP contribution >= 0.6 is 0 Å². The molecule has 0 atom stereocenters. The number of primary amides is 1. The van der Waals surface area contributed by atoms with E-state index in [1.807, 2.05) is 0 Å². The lowest BCUT2D eigenvalue weighted by Crippen LogP contribution is -2.12. The maximum Gasteiger partial charge on any atom is 0.322 e. The number of nitrogens with zero attached hydrogens (tertiary/aromatic N) is 4. The van der Waals surface area contributed by atoms with Gasteiger partial charge in [0.2, 0.25) is 0 Å². The predicted molar refractivity (Wildman–Crippen MR) is 88.8 cm³/mol. The van der Waals surface area contributed by atoms with E-state index in [2.05, 4.69) is 15.1 Å². The molecule has 4 aromatic rings. The summed E-state index contributed by atoms with van der Waals surface area (Å²) in [5.41, 5.74) is 6.68. The van der Waals surface area contributed by atoms with E-state index in [0.717, 1.165) is 5.39 Å². The van der Waals surface area contributed by atoms with Crippen LogP contribution in [0.2, 0.25) is 0 Å². The van der Waals surface area contributed by atoms with Crippen molar-refractivity contribution in [2.24, 2.45) is 12.8 Å². The average molecular weight is 337 g/mol. The van der Waals surface area contributed by atoms with Crippen molar-refractivity contribution in [2.45, 2.75) is 0 Å². The number of carbonyl (C=O) groups is 1. The molecule has 7 nitrogen and oxygen atoms in total. The summed E-state index contributed by atoms with van der Waals surface area (Å²) in [6, 6.07) is 9.48. The van der Waals surface area contributed by atoms with Gasteiger partial charge in [-0.2, -0.15) is 10.1 Å². The van der Waals surface area contributed by atoms with Gasteiger partial charge in [0.05, 0.1) is 5.52 Å². The molecule has 8 heteroatoms. The Morgan fingerprint density at radius 3 is 2.80 bits per heavy atom. The Bertz CT molecular complexity index is 1140. The number of ether oxygens (including phenoxy) is 1. The van der Waals surface area contributed by atoms with Crippen LogP contribution in [0, 0.1) is 5.82 Å². The molecule has 0 aliphatic rings. The van der Waals surface area contributed by atoms with E-state index in [1.165, 1.54) is 16.8 Å². The number of halogens is 1. The average Bonchev–Trinajstić information content (AvgIpc) is 2.94. The van der Waals surface area contributed by atoms with E-state index in [-0.39, 0.29) is 17.5 Å². The first-order valence-corrected chi connectivity index (χ1v) is 7.39. The highest BCUT2D eigenvalue weighted by Crippen LogP contribution is 2.28. The van der Waals surface area contributed by atoms with Crippen molar-refractivity contribution in [3.63, 3.8) is 0 Å². The van der Waals surface area contributed by atoms with Crippen LogP contribution in [0.5, 0.6) is 11.8 Å². The molecule has 124 valence electrons. The first-order valence-electron chi connectivity index (χ1n) is 7.39. The third-order valence-electron chi connectivity index (χ3n) is 3.80. The number of amides is 1. The van der Waals surface area contributed by atoms with Gasteiger partial charge in [-0.3, -0.25) is 9.48 Å². The van der Waals surface area contributed by atoms with Crippen molar-refractivity contribution in [3.05, 3.63) is 54.1 Å². The summed E-state index contributed by atoms with van der Waals surface area (Å²) in [7, 11) is 1.69. The minimum Gasteiger partial charge on any atom is -0.421 e. The molecular weight excluding hydrogens is 325 g/mol. The van der Waals surface area contributed by atoms with Crippen LogP contribution in [0.15, 0.2) is 42.6 Å². The van der Waals surface area contributed by atoms with Gasteiger partial charge in [0, 0.05) is 24.0 Å². The van der Waals surface area contributed by atoms with Gasteiger partial charge in [0.1, 0.15) is 5.52 Å². The Labute approximate surface area is 140 Å². The van der Waals surface area contributed by atoms with E-state index in [0.29, 0.717) is 16.4 Å². The summed E-state index contributed by atoms with van der Waals surface area (Å²) >= 11 is 0. The predicted octanol–water partition coefficient (Wildman–Crippen LogP) is 2.55. The zero-order valence-electron chi connectivity index (χ0n) is 13.1. The Morgan fingerprint density at radius 1 is 1.24 bits per heavy atom. The van der Waals surface area contributed by atoms with Crippen molar-refractivity contribution >= 4 is 27.7 Å². The van der Waals surface area contributed by atoms with Gasteiger partial charge in [-0.25, -0.2) is 9.37 Å². The Morgan fingerprint density at radius 2 is 2.04 bits per heavy atom. The number of aromatic nitrogens is 4. The van der Waals surface area contributed by atoms with Crippen molar-refractivity contribution in [1.82, 2.24) is 19.7 Å². The van der Waals surface area contributed by atoms with E-state index >= 15 is 0 Å². The van der Waals surface area contributed by atoms with Gasteiger partial charge < -0.3 is 10.5 Å². The second kappa shape index (κ2) is 5.52. The fourth-order valence-electron chi connectivity index (χ4n) is 2.70. The summed E-state index contributed by atoms with van der Waals surface area (Å²) in [6.07, 6.45) is 1.56. The molecule has 0 saturated heterocycles. The van der Waals surface area contributed by atoms with Crippen LogP contribution in [0.25, 0.3) is 21.8 Å². The third-order valence-corrected chi connectivity index (χ3v) is 3.80. The number of hydrogen-bond acceptors (Lipinski definition) is 5. The topological polar surface area (TPSA) is 95.9 Å². The summed E-state index contributed by atoms with van der Waals surface area (Å²) in [5.74, 6) is -1.11. The number of para-hydroxylation sites is 1. The van der Waals surface area contributed by atoms with Crippen LogP contribution in [0.3, 0.4) is 0 Å². The second-order valence-corrected chi connectivity index (χ2v) is 5.42. The Balaban J connectivity index is 1.91. The lowest BCUT2D eigenvalue weighted by atomic mass is 10.1. The van der Waals surface area contributed by atoms with E-state index in [1.54, 1.807) is 37.5 Å². The molecule has 2 N–H and O–H groups in total. The molecule has 0 fully saturated rings. The van der Waals surface area contributed by atoms with E-state index < -0.39 is 11.7 Å². The highest BCUT2D eigenvalue weighted by atomic mass is 19.1. The van der Waals surface area contributed by atoms with Gasteiger partial charge in [0.15, 0.2) is 17.3 Å². The van der Waals surface area contributed by atoms with E-state index in [9.17, 15) is 9.18 Å². The number of carbonyl (C=O) groups excluding carboxylic acids is 1. The fraction of sp³-hybridized carbons (Fsp3) is 0.0588. The standard InChI is InChI=1S/C17H12FN5O2/c1-23-15-10(14(22-23)16(19)24)7-6-9-8-20-17(21-13(9)15)25-12-5-3-2-4-11(12)18/h2-8H,1H3,(H2,19,24). The highest BCUT2D eigenvalue weighted by Gasteiger charge is 2.17. The quantitative estimate of drug-likeness (QED) is 0.620. The molecular formula is C17H12FN5O2. The minimum absolute atomic E-state index is 0.00748. The summed E-state index contributed by atoms with van der Waals surface area (Å²) < 4.78 is 20.7. The second-order valence-electron chi connectivity index (χ2n) is 5.42. The van der Waals surface area contributed by atoms with Gasteiger partial charge in [-0.05, 0) is 18.2 Å². The van der Waals surface area contributed by atoms with Crippen LogP contribution in [-0.4, -0.2) is 25.7 Å². The number of nitrogens with two attached hydrogens (primary N) is 1. The number of rotatable bonds is 3. The third kappa shape index (κ3) is 2.44. The zero-order valence-corrected chi connectivity index (χ0v) is 13.1. The maximum atomic E-state index is 13.8. The van der Waals surface area contributed by atoms with Crippen LogP contribution in [0.1, 0.15) is 10.5 Å². The van der Waals surface area contributed by atoms with Crippen molar-refractivity contribution in [3.8, 4) is 11.8 Å². The normalized spacial score (nSPS) is 11.1. The van der Waals surface area contributed by atoms with Crippen molar-refractivity contribution in [1.29, 1.82) is 0 Å². The molecule has 0 radical (unpaired) electrons. The summed E-state index contributed by atoms with van der Waals surface area (Å²) in [6.45, 7) is 0. The minimum atomic E-state index is -0.623. The lowest BCUT2D eigenvalue weighted by Gasteiger charge is -2.06. The molecule has 0 unspecified atom stereocenters. The summed E-state index contributed by atoms with van der Waals surface area (Å²) in [5, 5.41) is 5.46. The monoisotopic (exact) mass is 337 g/mol. The molecule has 4 rings (SSSR count). The van der Waals surface area contributed by atoms with Gasteiger partial charge in [0.25, 0.3) is 5.91 Å². The first kappa shape index (κ1) is 15.0. The first-order chi connectivity index (χ1) is 12.0. The number of fused-ring (bicyclic) bond motifs is 3. The summed E-state index contributed by atoms with van der Waals surface area (Å²) in [4.78, 5) is 20.0. The van der Waals surface area contributed by atoms with Gasteiger partial charge in [-0.1, -0.05) is 18.2 Å². The molecule has 2 aromatic heterocycles. The maximum absolute atomic E-state index is 13.8. The highest BCUT2D eigenvalue weighted by molar-refractivity contribution is 6.11. The molecule has 0 spiro atoms. The molecule has 0 aliphatic carbocycles. The Kier molecular flexibility index (Phi) is 3.31. The zero-order chi connectivity index (χ0) is 17.6. The molecule has 0 saturated carbocycles. The van der Waals surface area contributed by atoms with Crippen LogP contribution in [0.4, 0.5) is 4.39 Å².